The van der Waals surface area contributed by atoms with Crippen LogP contribution < -0.4 is 10.7 Å². The molecule has 4 nitrogen and oxygen atoms in total. The van der Waals surface area contributed by atoms with Crippen LogP contribution in [-0.2, 0) is 0 Å². The molecule has 2 aliphatic heterocycles. The highest BCUT2D eigenvalue weighted by Crippen LogP contribution is 2.16. The van der Waals surface area contributed by atoms with Gasteiger partial charge in [0.15, 0.2) is 0 Å². The third kappa shape index (κ3) is 4.21. The van der Waals surface area contributed by atoms with Crippen LogP contribution >= 0.6 is 0 Å². The number of hydrazine groups is 1. The molecule has 0 unspecified atom stereocenters. The largest absolute Gasteiger partial charge is 0.319 e. The molecule has 0 amide bonds. The van der Waals surface area contributed by atoms with Crippen molar-refractivity contribution >= 4 is 0 Å². The fourth-order valence-corrected chi connectivity index (χ4v) is 2.95. The van der Waals surface area contributed by atoms with E-state index in [1.807, 2.05) is 0 Å². The van der Waals surface area contributed by atoms with E-state index in [-0.39, 0.29) is 0 Å². The molecule has 0 aromatic carbocycles. The van der Waals surface area contributed by atoms with Crippen molar-refractivity contribution < 1.29 is 0 Å². The Morgan fingerprint density at radius 2 is 1.65 bits per heavy atom. The van der Waals surface area contributed by atoms with Gasteiger partial charge < -0.3 is 10.2 Å². The Balaban J connectivity index is 1.64. The van der Waals surface area contributed by atoms with E-state index < -0.39 is 0 Å². The summed E-state index contributed by atoms with van der Waals surface area (Å²) in [6.45, 7) is 6.11. The molecule has 2 aliphatic rings. The van der Waals surface area contributed by atoms with Gasteiger partial charge in [-0.1, -0.05) is 0 Å². The van der Waals surface area contributed by atoms with Crippen molar-refractivity contribution in [3.05, 3.63) is 0 Å². The highest BCUT2D eigenvalue weighted by Gasteiger charge is 2.22. The summed E-state index contributed by atoms with van der Waals surface area (Å²) in [5.41, 5.74) is 3.73. The molecule has 0 aliphatic carbocycles. The Morgan fingerprint density at radius 1 is 1.00 bits per heavy atom. The van der Waals surface area contributed by atoms with E-state index in [9.17, 15) is 0 Å². The molecule has 0 spiro atoms. The van der Waals surface area contributed by atoms with Crippen LogP contribution in [0.4, 0.5) is 0 Å². The van der Waals surface area contributed by atoms with Crippen molar-refractivity contribution in [3.63, 3.8) is 0 Å². The summed E-state index contributed by atoms with van der Waals surface area (Å²) in [6.07, 6.45) is 5.26. The van der Waals surface area contributed by atoms with Crippen molar-refractivity contribution in [1.82, 2.24) is 20.7 Å². The van der Waals surface area contributed by atoms with Crippen LogP contribution in [0, 0.1) is 5.92 Å². The molecule has 0 saturated carbocycles. The van der Waals surface area contributed by atoms with Crippen LogP contribution in [0.15, 0.2) is 0 Å². The van der Waals surface area contributed by atoms with Gasteiger partial charge in [0.25, 0.3) is 0 Å². The number of hydrogen-bond acceptors (Lipinski definition) is 4. The molecule has 0 aromatic rings. The number of likely N-dealkylation sites (tertiary alicyclic amines) is 1. The first kappa shape index (κ1) is 13.3. The van der Waals surface area contributed by atoms with Gasteiger partial charge in [0, 0.05) is 19.1 Å². The summed E-state index contributed by atoms with van der Waals surface area (Å²) in [7, 11) is 4.28. The molecule has 2 rings (SSSR count). The van der Waals surface area contributed by atoms with E-state index in [0.717, 1.165) is 5.92 Å². The van der Waals surface area contributed by atoms with Crippen LogP contribution in [-0.4, -0.2) is 62.8 Å². The van der Waals surface area contributed by atoms with E-state index in [2.05, 4.69) is 34.7 Å². The van der Waals surface area contributed by atoms with Crippen molar-refractivity contribution in [2.75, 3.05) is 46.8 Å². The summed E-state index contributed by atoms with van der Waals surface area (Å²) in [5, 5.41) is 5.75. The number of hydrogen-bond donors (Lipinski definition) is 2. The summed E-state index contributed by atoms with van der Waals surface area (Å²) in [4.78, 5) is 2.43. The van der Waals surface area contributed by atoms with Crippen molar-refractivity contribution in [3.8, 4) is 0 Å². The summed E-state index contributed by atoms with van der Waals surface area (Å²) < 4.78 is 0. The average molecular weight is 240 g/mol. The molecule has 2 heterocycles. The molecular formula is C13H28N4. The Hall–Kier alpha value is -0.160. The number of piperidine rings is 2. The molecule has 2 saturated heterocycles. The number of nitrogens with one attached hydrogen (secondary N) is 2. The molecule has 2 N–H and O–H groups in total. The van der Waals surface area contributed by atoms with Gasteiger partial charge in [-0.25, -0.2) is 5.01 Å². The fraction of sp³-hybridized carbons (Fsp3) is 1.00. The zero-order valence-electron chi connectivity index (χ0n) is 11.4. The second kappa shape index (κ2) is 6.69. The molecule has 0 bridgehead atoms. The molecule has 100 valence electrons. The van der Waals surface area contributed by atoms with Gasteiger partial charge in [-0.3, -0.25) is 5.43 Å². The third-order valence-electron chi connectivity index (χ3n) is 4.19. The van der Waals surface area contributed by atoms with Crippen LogP contribution in [0.5, 0.6) is 0 Å². The van der Waals surface area contributed by atoms with Crippen LogP contribution in [0.2, 0.25) is 0 Å². The normalized spacial score (nSPS) is 26.5. The van der Waals surface area contributed by atoms with Crippen LogP contribution in [0.1, 0.15) is 25.7 Å². The minimum atomic E-state index is 0.715. The van der Waals surface area contributed by atoms with Gasteiger partial charge in [0.05, 0.1) is 0 Å². The molecule has 0 atom stereocenters. The summed E-state index contributed by atoms with van der Waals surface area (Å²) >= 11 is 0. The predicted molar refractivity (Wildman–Crippen MR) is 71.9 cm³/mol. The Labute approximate surface area is 106 Å². The van der Waals surface area contributed by atoms with Crippen molar-refractivity contribution in [2.24, 2.45) is 5.92 Å². The first-order valence-corrected chi connectivity index (χ1v) is 7.12. The second-order valence-electron chi connectivity index (χ2n) is 5.69. The molecule has 0 radical (unpaired) electrons. The maximum Gasteiger partial charge on any atom is 0.0239 e. The van der Waals surface area contributed by atoms with Crippen molar-refractivity contribution in [2.45, 2.75) is 31.7 Å². The Bertz CT molecular complexity index is 205. The standard InChI is InChI=1S/C13H28N4/c1-14-11-12-3-9-17(10-4-12)15-13-5-7-16(2)8-6-13/h12-15H,3-11H2,1-2H3. The number of rotatable bonds is 4. The quantitative estimate of drug-likeness (QED) is 0.750. The Morgan fingerprint density at radius 3 is 2.24 bits per heavy atom. The van der Waals surface area contributed by atoms with E-state index >= 15 is 0 Å². The van der Waals surface area contributed by atoms with Gasteiger partial charge in [-0.05, 0) is 65.3 Å². The molecular weight excluding hydrogens is 212 g/mol. The van der Waals surface area contributed by atoms with Crippen molar-refractivity contribution in [1.29, 1.82) is 0 Å². The van der Waals surface area contributed by atoms with E-state index in [1.165, 1.54) is 58.4 Å². The molecule has 2 fully saturated rings. The monoisotopic (exact) mass is 240 g/mol. The maximum atomic E-state index is 3.73. The summed E-state index contributed by atoms with van der Waals surface area (Å²) in [6, 6.07) is 0.715. The van der Waals surface area contributed by atoms with Crippen LogP contribution in [0.3, 0.4) is 0 Å². The van der Waals surface area contributed by atoms with Gasteiger partial charge in [-0.2, -0.15) is 0 Å². The minimum Gasteiger partial charge on any atom is -0.319 e. The first-order valence-electron chi connectivity index (χ1n) is 7.12. The average Bonchev–Trinajstić information content (AvgIpc) is 2.35. The Kier molecular flexibility index (Phi) is 5.22. The van der Waals surface area contributed by atoms with Crippen LogP contribution in [0.25, 0.3) is 0 Å². The van der Waals surface area contributed by atoms with E-state index in [0.29, 0.717) is 6.04 Å². The molecule has 4 heteroatoms. The zero-order chi connectivity index (χ0) is 12.1. The van der Waals surface area contributed by atoms with Gasteiger partial charge in [0.2, 0.25) is 0 Å². The lowest BCUT2D eigenvalue weighted by molar-refractivity contribution is 0.0820. The van der Waals surface area contributed by atoms with Gasteiger partial charge in [-0.15, -0.1) is 0 Å². The first-order chi connectivity index (χ1) is 8.28. The topological polar surface area (TPSA) is 30.5 Å². The SMILES string of the molecule is CNCC1CCN(NC2CCN(C)CC2)CC1. The van der Waals surface area contributed by atoms with E-state index in [4.69, 9.17) is 0 Å². The fourth-order valence-electron chi connectivity index (χ4n) is 2.95. The number of nitrogens with zero attached hydrogens (tertiary/aromatic N) is 2. The highest BCUT2D eigenvalue weighted by molar-refractivity contribution is 4.77. The zero-order valence-corrected chi connectivity index (χ0v) is 11.4. The smallest absolute Gasteiger partial charge is 0.0239 e. The third-order valence-corrected chi connectivity index (χ3v) is 4.19. The molecule has 17 heavy (non-hydrogen) atoms. The molecule has 0 aromatic heterocycles. The van der Waals surface area contributed by atoms with Gasteiger partial charge >= 0.3 is 0 Å². The lowest BCUT2D eigenvalue weighted by Crippen LogP contribution is -2.52. The lowest BCUT2D eigenvalue weighted by atomic mass is 9.97. The van der Waals surface area contributed by atoms with E-state index in [1.54, 1.807) is 0 Å². The summed E-state index contributed by atoms with van der Waals surface area (Å²) in [5.74, 6) is 0.885. The second-order valence-corrected chi connectivity index (χ2v) is 5.69. The van der Waals surface area contributed by atoms with Gasteiger partial charge in [0.1, 0.15) is 0 Å². The minimum absolute atomic E-state index is 0.715. The maximum absolute atomic E-state index is 3.73. The predicted octanol–water partition coefficient (Wildman–Crippen LogP) is 0.517. The lowest BCUT2D eigenvalue weighted by Gasteiger charge is -2.37. The highest BCUT2D eigenvalue weighted by atomic mass is 15.5.